The van der Waals surface area contributed by atoms with E-state index in [0.717, 1.165) is 23.2 Å². The number of aryl methyl sites for hydroxylation is 2. The van der Waals surface area contributed by atoms with Crippen molar-refractivity contribution in [3.8, 4) is 0 Å². The normalized spacial score (nSPS) is 25.0. The Bertz CT molecular complexity index is 520. The highest BCUT2D eigenvalue weighted by Crippen LogP contribution is 2.32. The van der Waals surface area contributed by atoms with Gasteiger partial charge >= 0.3 is 0 Å². The molecule has 1 heterocycles. The molecule has 1 saturated heterocycles. The molecule has 0 aromatic heterocycles. The highest BCUT2D eigenvalue weighted by Gasteiger charge is 2.35. The molecule has 2 aliphatic rings. The van der Waals surface area contributed by atoms with Gasteiger partial charge < -0.3 is 5.32 Å². The second-order valence-corrected chi connectivity index (χ2v) is 6.96. The van der Waals surface area contributed by atoms with E-state index in [1.165, 1.54) is 45.2 Å². The van der Waals surface area contributed by atoms with E-state index in [-0.39, 0.29) is 24.2 Å². The van der Waals surface area contributed by atoms with Crippen molar-refractivity contribution in [3.05, 3.63) is 29.3 Å². The molecular weight excluding hydrogens is 308 g/mol. The lowest BCUT2D eigenvalue weighted by Gasteiger charge is -2.37. The molecule has 3 nitrogen and oxygen atoms in total. The Morgan fingerprint density at radius 3 is 2.30 bits per heavy atom. The van der Waals surface area contributed by atoms with Gasteiger partial charge in [-0.2, -0.15) is 0 Å². The van der Waals surface area contributed by atoms with Crippen molar-refractivity contribution in [2.24, 2.45) is 5.92 Å². The quantitative estimate of drug-likeness (QED) is 0.891. The average molecular weight is 337 g/mol. The number of halogens is 1. The van der Waals surface area contributed by atoms with E-state index in [9.17, 15) is 4.79 Å². The van der Waals surface area contributed by atoms with Crippen LogP contribution in [-0.4, -0.2) is 29.9 Å². The summed E-state index contributed by atoms with van der Waals surface area (Å²) in [5, 5.41) is 3.24. The monoisotopic (exact) mass is 336 g/mol. The molecule has 0 radical (unpaired) electrons. The lowest BCUT2D eigenvalue weighted by atomic mass is 9.83. The maximum absolute atomic E-state index is 12.9. The van der Waals surface area contributed by atoms with E-state index in [4.69, 9.17) is 0 Å². The number of para-hydroxylation sites is 1. The molecule has 2 atom stereocenters. The first-order chi connectivity index (χ1) is 10.7. The lowest BCUT2D eigenvalue weighted by Crippen LogP contribution is -2.45. The van der Waals surface area contributed by atoms with Crippen molar-refractivity contribution in [1.82, 2.24) is 4.90 Å². The summed E-state index contributed by atoms with van der Waals surface area (Å²) in [4.78, 5) is 15.5. The van der Waals surface area contributed by atoms with Gasteiger partial charge in [0.1, 0.15) is 0 Å². The summed E-state index contributed by atoms with van der Waals surface area (Å²) in [7, 11) is 0. The van der Waals surface area contributed by atoms with Gasteiger partial charge in [-0.3, -0.25) is 9.69 Å². The zero-order valence-corrected chi connectivity index (χ0v) is 15.1. The number of amides is 1. The summed E-state index contributed by atoms with van der Waals surface area (Å²) in [5.74, 6) is 0.389. The third-order valence-electron chi connectivity index (χ3n) is 5.41. The minimum atomic E-state index is 0. The van der Waals surface area contributed by atoms with E-state index in [1.54, 1.807) is 0 Å². The topological polar surface area (TPSA) is 32.3 Å². The second kappa shape index (κ2) is 8.16. The molecular formula is C19H29ClN2O. The molecule has 1 N–H and O–H groups in total. The van der Waals surface area contributed by atoms with Crippen molar-refractivity contribution >= 4 is 24.0 Å². The van der Waals surface area contributed by atoms with Gasteiger partial charge in [0.05, 0.1) is 5.92 Å². The zero-order chi connectivity index (χ0) is 15.5. The summed E-state index contributed by atoms with van der Waals surface area (Å²) in [6, 6.07) is 6.65. The van der Waals surface area contributed by atoms with Gasteiger partial charge in [-0.1, -0.05) is 31.0 Å². The summed E-state index contributed by atoms with van der Waals surface area (Å²) < 4.78 is 0. The van der Waals surface area contributed by atoms with Crippen LogP contribution in [0, 0.1) is 19.8 Å². The molecule has 4 heteroatoms. The number of nitrogens with zero attached hydrogens (tertiary/aromatic N) is 1. The fourth-order valence-corrected chi connectivity index (χ4v) is 4.15. The van der Waals surface area contributed by atoms with E-state index in [0.29, 0.717) is 6.04 Å². The predicted octanol–water partition coefficient (Wildman–Crippen LogP) is 4.32. The first kappa shape index (κ1) is 18.3. The first-order valence-electron chi connectivity index (χ1n) is 8.78. The first-order valence-corrected chi connectivity index (χ1v) is 8.78. The number of carbonyl (C=O) groups is 1. The Morgan fingerprint density at radius 2 is 1.65 bits per heavy atom. The minimum Gasteiger partial charge on any atom is -0.325 e. The third-order valence-corrected chi connectivity index (χ3v) is 5.41. The van der Waals surface area contributed by atoms with Gasteiger partial charge in [-0.15, -0.1) is 12.4 Å². The van der Waals surface area contributed by atoms with Gasteiger partial charge in [-0.25, -0.2) is 0 Å². The van der Waals surface area contributed by atoms with Crippen LogP contribution in [0.1, 0.15) is 49.7 Å². The van der Waals surface area contributed by atoms with E-state index < -0.39 is 0 Å². The average Bonchev–Trinajstić information content (AvgIpc) is 3.05. The maximum Gasteiger partial charge on any atom is 0.229 e. The lowest BCUT2D eigenvalue weighted by molar-refractivity contribution is -0.123. The van der Waals surface area contributed by atoms with Gasteiger partial charge in [0.15, 0.2) is 0 Å². The molecule has 1 aliphatic carbocycles. The molecule has 1 amide bonds. The number of carbonyl (C=O) groups excluding carboxylic acids is 1. The molecule has 0 bridgehead atoms. The number of hydrogen-bond donors (Lipinski definition) is 1. The van der Waals surface area contributed by atoms with Crippen molar-refractivity contribution in [1.29, 1.82) is 0 Å². The van der Waals surface area contributed by atoms with E-state index in [1.807, 2.05) is 6.07 Å². The van der Waals surface area contributed by atoms with Crippen LogP contribution < -0.4 is 5.32 Å². The minimum absolute atomic E-state index is 0. The van der Waals surface area contributed by atoms with Crippen molar-refractivity contribution in [2.45, 2.75) is 58.4 Å². The number of rotatable bonds is 3. The Balaban J connectivity index is 0.00000192. The van der Waals surface area contributed by atoms with Crippen LogP contribution >= 0.6 is 12.4 Å². The Kier molecular flexibility index (Phi) is 6.49. The van der Waals surface area contributed by atoms with Crippen LogP contribution in [0.15, 0.2) is 18.2 Å². The molecule has 1 aromatic rings. The van der Waals surface area contributed by atoms with E-state index in [2.05, 4.69) is 36.2 Å². The number of likely N-dealkylation sites (tertiary alicyclic amines) is 1. The second-order valence-electron chi connectivity index (χ2n) is 6.96. The third kappa shape index (κ3) is 4.07. The molecule has 1 aliphatic heterocycles. The summed E-state index contributed by atoms with van der Waals surface area (Å²) in [6.07, 6.45) is 7.27. The molecule has 1 saturated carbocycles. The predicted molar refractivity (Wildman–Crippen MR) is 98.3 cm³/mol. The molecule has 128 valence electrons. The van der Waals surface area contributed by atoms with Gasteiger partial charge in [0, 0.05) is 11.7 Å². The number of anilines is 1. The molecule has 2 fully saturated rings. The molecule has 0 unspecified atom stereocenters. The highest BCUT2D eigenvalue weighted by atomic mass is 35.5. The molecule has 3 rings (SSSR count). The van der Waals surface area contributed by atoms with Crippen molar-refractivity contribution in [3.63, 3.8) is 0 Å². The summed E-state index contributed by atoms with van der Waals surface area (Å²) >= 11 is 0. The maximum atomic E-state index is 12.9. The Labute approximate surface area is 146 Å². The standard InChI is InChI=1S/C19H28N2O.ClH/c1-14-8-7-9-15(2)18(14)20-19(22)16-10-3-4-11-17(16)21-12-5-6-13-21;/h7-9,16-17H,3-6,10-13H2,1-2H3,(H,20,22);1H/t16-,17+;/m1./s1. The van der Waals surface area contributed by atoms with Crippen LogP contribution in [0.2, 0.25) is 0 Å². The number of nitrogens with one attached hydrogen (secondary N) is 1. The number of benzene rings is 1. The van der Waals surface area contributed by atoms with Crippen LogP contribution in [0.4, 0.5) is 5.69 Å². The van der Waals surface area contributed by atoms with Gasteiger partial charge in [-0.05, 0) is 63.7 Å². The highest BCUT2D eigenvalue weighted by molar-refractivity contribution is 5.94. The smallest absolute Gasteiger partial charge is 0.229 e. The van der Waals surface area contributed by atoms with Crippen molar-refractivity contribution < 1.29 is 4.79 Å². The zero-order valence-electron chi connectivity index (χ0n) is 14.3. The Hall–Kier alpha value is -1.06. The van der Waals surface area contributed by atoms with Crippen LogP contribution in [-0.2, 0) is 4.79 Å². The molecule has 0 spiro atoms. The van der Waals surface area contributed by atoms with Crippen LogP contribution in [0.3, 0.4) is 0 Å². The van der Waals surface area contributed by atoms with Gasteiger partial charge in [0.25, 0.3) is 0 Å². The summed E-state index contributed by atoms with van der Waals surface area (Å²) in [6.45, 7) is 6.50. The van der Waals surface area contributed by atoms with Crippen molar-refractivity contribution in [2.75, 3.05) is 18.4 Å². The molecule has 23 heavy (non-hydrogen) atoms. The SMILES string of the molecule is Cc1cccc(C)c1NC(=O)[C@@H]1CCCC[C@@H]1N1CCCC1.Cl. The largest absolute Gasteiger partial charge is 0.325 e. The van der Waals surface area contributed by atoms with Crippen LogP contribution in [0.25, 0.3) is 0 Å². The van der Waals surface area contributed by atoms with Crippen LogP contribution in [0.5, 0.6) is 0 Å². The van der Waals surface area contributed by atoms with E-state index >= 15 is 0 Å². The Morgan fingerprint density at radius 1 is 1.04 bits per heavy atom. The van der Waals surface area contributed by atoms with Gasteiger partial charge in [0.2, 0.25) is 5.91 Å². The fourth-order valence-electron chi connectivity index (χ4n) is 4.15. The fraction of sp³-hybridized carbons (Fsp3) is 0.632. The number of hydrogen-bond acceptors (Lipinski definition) is 2. The molecule has 1 aromatic carbocycles. The summed E-state index contributed by atoms with van der Waals surface area (Å²) in [5.41, 5.74) is 3.32.